The van der Waals surface area contributed by atoms with Crippen LogP contribution in [-0.4, -0.2) is 44.2 Å². The summed E-state index contributed by atoms with van der Waals surface area (Å²) in [7, 11) is 0. The SMILES string of the molecule is CCc1nnc(C)cc1C(=O)N1C2CCC1C(C(=O)O)C2. The number of amides is 1. The highest BCUT2D eigenvalue weighted by Crippen LogP contribution is 2.42. The highest BCUT2D eigenvalue weighted by molar-refractivity contribution is 5.96. The zero-order valence-corrected chi connectivity index (χ0v) is 12.2. The molecule has 0 aliphatic carbocycles. The van der Waals surface area contributed by atoms with Crippen molar-refractivity contribution in [2.75, 3.05) is 0 Å². The van der Waals surface area contributed by atoms with Gasteiger partial charge in [-0.25, -0.2) is 0 Å². The number of hydrogen-bond acceptors (Lipinski definition) is 4. The van der Waals surface area contributed by atoms with Gasteiger partial charge in [-0.3, -0.25) is 9.59 Å². The van der Waals surface area contributed by atoms with Gasteiger partial charge in [-0.1, -0.05) is 6.92 Å². The summed E-state index contributed by atoms with van der Waals surface area (Å²) in [6.45, 7) is 3.75. The number of aromatic nitrogens is 2. The van der Waals surface area contributed by atoms with Crippen molar-refractivity contribution in [1.29, 1.82) is 0 Å². The summed E-state index contributed by atoms with van der Waals surface area (Å²) in [5, 5.41) is 17.4. The molecule has 6 nitrogen and oxygen atoms in total. The molecule has 3 rings (SSSR count). The van der Waals surface area contributed by atoms with Crippen LogP contribution >= 0.6 is 0 Å². The largest absolute Gasteiger partial charge is 0.481 e. The van der Waals surface area contributed by atoms with Gasteiger partial charge in [-0.15, -0.1) is 0 Å². The maximum atomic E-state index is 12.9. The Kier molecular flexibility index (Phi) is 3.39. The number of hydrogen-bond donors (Lipinski definition) is 1. The first-order valence-electron chi connectivity index (χ1n) is 7.41. The van der Waals surface area contributed by atoms with Gasteiger partial charge >= 0.3 is 5.97 Å². The van der Waals surface area contributed by atoms with Gasteiger partial charge in [0, 0.05) is 12.1 Å². The monoisotopic (exact) mass is 289 g/mol. The summed E-state index contributed by atoms with van der Waals surface area (Å²) in [5.41, 5.74) is 1.97. The van der Waals surface area contributed by atoms with Gasteiger partial charge < -0.3 is 10.0 Å². The molecule has 0 spiro atoms. The van der Waals surface area contributed by atoms with Gasteiger partial charge in [0.2, 0.25) is 0 Å². The van der Waals surface area contributed by atoms with Crippen LogP contribution in [0.15, 0.2) is 6.07 Å². The summed E-state index contributed by atoms with van der Waals surface area (Å²) < 4.78 is 0. The molecule has 1 aromatic heterocycles. The number of nitrogens with zero attached hydrogens (tertiary/aromatic N) is 3. The lowest BCUT2D eigenvalue weighted by Crippen LogP contribution is -2.38. The van der Waals surface area contributed by atoms with Gasteiger partial charge in [0.25, 0.3) is 5.91 Å². The lowest BCUT2D eigenvalue weighted by molar-refractivity contribution is -0.142. The first kappa shape index (κ1) is 14.0. The fourth-order valence-corrected chi connectivity index (χ4v) is 3.67. The van der Waals surface area contributed by atoms with E-state index in [0.717, 1.165) is 12.8 Å². The molecule has 21 heavy (non-hydrogen) atoms. The summed E-state index contributed by atoms with van der Waals surface area (Å²) in [6, 6.07) is 1.65. The first-order valence-corrected chi connectivity index (χ1v) is 7.41. The zero-order valence-electron chi connectivity index (χ0n) is 12.2. The predicted molar refractivity (Wildman–Crippen MR) is 74.9 cm³/mol. The van der Waals surface area contributed by atoms with E-state index in [1.165, 1.54) is 0 Å². The third kappa shape index (κ3) is 2.18. The van der Waals surface area contributed by atoms with Crippen molar-refractivity contribution in [1.82, 2.24) is 15.1 Å². The second-order valence-electron chi connectivity index (χ2n) is 5.89. The maximum Gasteiger partial charge on any atom is 0.308 e. The lowest BCUT2D eigenvalue weighted by atomic mass is 9.89. The Balaban J connectivity index is 1.93. The molecule has 3 atom stereocenters. The second kappa shape index (κ2) is 5.09. The van der Waals surface area contributed by atoms with Crippen molar-refractivity contribution in [2.24, 2.45) is 5.92 Å². The van der Waals surface area contributed by atoms with E-state index in [0.29, 0.717) is 29.8 Å². The Morgan fingerprint density at radius 1 is 1.38 bits per heavy atom. The van der Waals surface area contributed by atoms with E-state index in [9.17, 15) is 14.7 Å². The molecule has 2 aliphatic rings. The molecule has 3 unspecified atom stereocenters. The number of fused-ring (bicyclic) bond motifs is 2. The van der Waals surface area contributed by atoms with E-state index in [2.05, 4.69) is 10.2 Å². The molecule has 0 radical (unpaired) electrons. The van der Waals surface area contributed by atoms with E-state index in [1.807, 2.05) is 13.8 Å². The van der Waals surface area contributed by atoms with Crippen molar-refractivity contribution in [2.45, 2.75) is 51.6 Å². The lowest BCUT2D eigenvalue weighted by Gasteiger charge is -2.24. The molecular weight excluding hydrogens is 270 g/mol. The molecule has 3 heterocycles. The van der Waals surface area contributed by atoms with Crippen molar-refractivity contribution < 1.29 is 14.7 Å². The van der Waals surface area contributed by atoms with Crippen LogP contribution in [0.1, 0.15) is 47.9 Å². The molecule has 2 fully saturated rings. The number of carbonyl (C=O) groups is 2. The second-order valence-corrected chi connectivity index (χ2v) is 5.89. The molecule has 1 N–H and O–H groups in total. The average molecular weight is 289 g/mol. The van der Waals surface area contributed by atoms with Crippen LogP contribution in [0, 0.1) is 12.8 Å². The van der Waals surface area contributed by atoms with Gasteiger partial charge in [-0.2, -0.15) is 10.2 Å². The van der Waals surface area contributed by atoms with Gasteiger partial charge in [-0.05, 0) is 38.7 Å². The summed E-state index contributed by atoms with van der Waals surface area (Å²) >= 11 is 0. The quantitative estimate of drug-likeness (QED) is 0.910. The average Bonchev–Trinajstić information content (AvgIpc) is 3.04. The minimum absolute atomic E-state index is 0.0572. The Hall–Kier alpha value is -1.98. The van der Waals surface area contributed by atoms with E-state index >= 15 is 0 Å². The minimum atomic E-state index is -0.792. The van der Waals surface area contributed by atoms with Crippen LogP contribution in [0.5, 0.6) is 0 Å². The number of aliphatic carboxylic acids is 1. The number of carboxylic acid groups (broad SMARTS) is 1. The van der Waals surface area contributed by atoms with Crippen LogP contribution in [0.4, 0.5) is 0 Å². The van der Waals surface area contributed by atoms with Crippen LogP contribution in [0.3, 0.4) is 0 Å². The topological polar surface area (TPSA) is 83.4 Å². The molecule has 1 amide bonds. The van der Waals surface area contributed by atoms with Crippen molar-refractivity contribution in [3.8, 4) is 0 Å². The van der Waals surface area contributed by atoms with Gasteiger partial charge in [0.05, 0.1) is 22.9 Å². The number of rotatable bonds is 3. The minimum Gasteiger partial charge on any atom is -0.481 e. The Bertz CT molecular complexity index is 602. The Labute approximate surface area is 123 Å². The van der Waals surface area contributed by atoms with E-state index < -0.39 is 11.9 Å². The number of carbonyl (C=O) groups excluding carboxylic acids is 1. The Morgan fingerprint density at radius 3 is 2.76 bits per heavy atom. The van der Waals surface area contributed by atoms with Crippen LogP contribution < -0.4 is 0 Å². The standard InChI is InChI=1S/C15H19N3O3/c1-3-12-10(6-8(2)16-17-12)14(19)18-9-4-5-13(18)11(7-9)15(20)21/h6,9,11,13H,3-5,7H2,1-2H3,(H,20,21). The summed E-state index contributed by atoms with van der Waals surface area (Å²) in [5.74, 6) is -1.30. The van der Waals surface area contributed by atoms with E-state index in [4.69, 9.17) is 0 Å². The molecule has 2 saturated heterocycles. The zero-order chi connectivity index (χ0) is 15.1. The molecule has 0 saturated carbocycles. The molecule has 112 valence electrons. The normalized spacial score (nSPS) is 27.1. The molecule has 0 aromatic carbocycles. The van der Waals surface area contributed by atoms with Crippen LogP contribution in [0.25, 0.3) is 0 Å². The van der Waals surface area contributed by atoms with Crippen LogP contribution in [0.2, 0.25) is 0 Å². The third-order valence-electron chi connectivity index (χ3n) is 4.65. The van der Waals surface area contributed by atoms with E-state index in [1.54, 1.807) is 11.0 Å². The smallest absolute Gasteiger partial charge is 0.308 e. The Morgan fingerprint density at radius 2 is 2.14 bits per heavy atom. The van der Waals surface area contributed by atoms with Crippen molar-refractivity contribution >= 4 is 11.9 Å². The fourth-order valence-electron chi connectivity index (χ4n) is 3.67. The molecule has 2 bridgehead atoms. The van der Waals surface area contributed by atoms with Gasteiger partial charge in [0.15, 0.2) is 0 Å². The predicted octanol–water partition coefficient (Wildman–Crippen LogP) is 1.43. The van der Waals surface area contributed by atoms with Gasteiger partial charge in [0.1, 0.15) is 0 Å². The van der Waals surface area contributed by atoms with Crippen molar-refractivity contribution in [3.63, 3.8) is 0 Å². The summed E-state index contributed by atoms with van der Waals surface area (Å²) in [4.78, 5) is 26.0. The number of aryl methyl sites for hydroxylation is 2. The van der Waals surface area contributed by atoms with Crippen LogP contribution in [-0.2, 0) is 11.2 Å². The molecule has 2 aliphatic heterocycles. The molecule has 6 heteroatoms. The highest BCUT2D eigenvalue weighted by Gasteiger charge is 2.51. The third-order valence-corrected chi connectivity index (χ3v) is 4.65. The highest BCUT2D eigenvalue weighted by atomic mass is 16.4. The number of carboxylic acids is 1. The summed E-state index contributed by atoms with van der Waals surface area (Å²) in [6.07, 6.45) is 2.90. The molecular formula is C15H19N3O3. The first-order chi connectivity index (χ1) is 10.0. The molecule has 1 aromatic rings. The van der Waals surface area contributed by atoms with Crippen molar-refractivity contribution in [3.05, 3.63) is 23.0 Å². The van der Waals surface area contributed by atoms with E-state index in [-0.39, 0.29) is 18.0 Å². The maximum absolute atomic E-state index is 12.9. The fraction of sp³-hybridized carbons (Fsp3) is 0.600.